The molecule has 0 aliphatic carbocycles. The molecule has 3 aromatic carbocycles. The second-order valence-corrected chi connectivity index (χ2v) is 5.81. The molecular formula is C20H14FN5O. The fourth-order valence-electron chi connectivity index (χ4n) is 2.75. The molecule has 0 atom stereocenters. The monoisotopic (exact) mass is 359 g/mol. The lowest BCUT2D eigenvalue weighted by Gasteiger charge is -2.11. The molecule has 0 saturated heterocycles. The molecule has 4 rings (SSSR count). The quantitative estimate of drug-likeness (QED) is 0.603. The molecule has 0 fully saturated rings. The molecule has 0 aliphatic heterocycles. The summed E-state index contributed by atoms with van der Waals surface area (Å²) in [6.45, 7) is 0. The van der Waals surface area contributed by atoms with Crippen molar-refractivity contribution in [3.05, 3.63) is 90.5 Å². The van der Waals surface area contributed by atoms with Crippen LogP contribution in [0.5, 0.6) is 0 Å². The minimum Gasteiger partial charge on any atom is -0.322 e. The highest BCUT2D eigenvalue weighted by atomic mass is 19.1. The number of carbonyl (C=O) groups is 1. The van der Waals surface area contributed by atoms with Crippen molar-refractivity contribution in [2.75, 3.05) is 5.32 Å². The Morgan fingerprint density at radius 2 is 1.74 bits per heavy atom. The number of halogens is 1. The molecule has 1 amide bonds. The number of hydrogen-bond donors (Lipinski definition) is 1. The maximum atomic E-state index is 13.8. The number of benzene rings is 3. The minimum absolute atomic E-state index is 0.269. The average Bonchev–Trinajstić information content (AvgIpc) is 3.24. The van der Waals surface area contributed by atoms with Crippen LogP contribution in [0.1, 0.15) is 10.4 Å². The van der Waals surface area contributed by atoms with E-state index in [2.05, 4.69) is 20.8 Å². The van der Waals surface area contributed by atoms with Gasteiger partial charge in [-0.1, -0.05) is 36.4 Å². The second kappa shape index (κ2) is 7.17. The lowest BCUT2D eigenvalue weighted by molar-refractivity contribution is 0.102. The average molecular weight is 359 g/mol. The van der Waals surface area contributed by atoms with Crippen molar-refractivity contribution in [1.82, 2.24) is 20.2 Å². The number of carbonyl (C=O) groups excluding carboxylic acids is 1. The van der Waals surface area contributed by atoms with Gasteiger partial charge in [-0.25, -0.2) is 9.07 Å². The molecule has 27 heavy (non-hydrogen) atoms. The Bertz CT molecular complexity index is 1060. The Kier molecular flexibility index (Phi) is 4.40. The van der Waals surface area contributed by atoms with E-state index in [1.807, 2.05) is 30.3 Å². The zero-order chi connectivity index (χ0) is 18.6. The molecule has 0 spiro atoms. The van der Waals surface area contributed by atoms with E-state index < -0.39 is 5.82 Å². The van der Waals surface area contributed by atoms with Gasteiger partial charge in [-0.2, -0.15) is 0 Å². The summed E-state index contributed by atoms with van der Waals surface area (Å²) < 4.78 is 15.3. The van der Waals surface area contributed by atoms with Gasteiger partial charge in [0.25, 0.3) is 5.91 Å². The molecule has 0 saturated carbocycles. The van der Waals surface area contributed by atoms with E-state index in [1.165, 1.54) is 23.1 Å². The van der Waals surface area contributed by atoms with Crippen molar-refractivity contribution in [2.45, 2.75) is 0 Å². The van der Waals surface area contributed by atoms with Gasteiger partial charge in [0.05, 0.1) is 11.3 Å². The van der Waals surface area contributed by atoms with Gasteiger partial charge in [0.15, 0.2) is 0 Å². The number of nitrogens with zero attached hydrogens (tertiary/aromatic N) is 4. The van der Waals surface area contributed by atoms with Crippen LogP contribution in [0, 0.1) is 5.82 Å². The van der Waals surface area contributed by atoms with Gasteiger partial charge >= 0.3 is 0 Å². The Morgan fingerprint density at radius 1 is 0.963 bits per heavy atom. The van der Waals surface area contributed by atoms with Crippen molar-refractivity contribution in [1.29, 1.82) is 0 Å². The Hall–Kier alpha value is -3.87. The third-order valence-electron chi connectivity index (χ3n) is 4.05. The maximum absolute atomic E-state index is 13.8. The van der Waals surface area contributed by atoms with Crippen LogP contribution >= 0.6 is 0 Å². The van der Waals surface area contributed by atoms with Gasteiger partial charge in [0.2, 0.25) is 0 Å². The van der Waals surface area contributed by atoms with Crippen LogP contribution in [0.4, 0.5) is 10.1 Å². The fraction of sp³-hybridized carbons (Fsp3) is 0. The molecule has 6 nitrogen and oxygen atoms in total. The highest BCUT2D eigenvalue weighted by molar-refractivity contribution is 6.08. The number of anilines is 1. The van der Waals surface area contributed by atoms with E-state index >= 15 is 0 Å². The van der Waals surface area contributed by atoms with Gasteiger partial charge < -0.3 is 5.32 Å². The summed E-state index contributed by atoms with van der Waals surface area (Å²) in [5.74, 6) is -0.850. The standard InChI is InChI=1S/C20H14FN5O/c21-15-6-11-18(14-4-2-1-3-5-14)19(12-15)20(27)23-16-7-9-17(10-8-16)26-13-22-24-25-26/h1-13H,(H,23,27). The molecule has 0 aliphatic rings. The molecule has 132 valence electrons. The smallest absolute Gasteiger partial charge is 0.256 e. The maximum Gasteiger partial charge on any atom is 0.256 e. The molecule has 7 heteroatoms. The lowest BCUT2D eigenvalue weighted by Crippen LogP contribution is -2.13. The SMILES string of the molecule is O=C(Nc1ccc(-n2cnnn2)cc1)c1cc(F)ccc1-c1ccccc1. The first-order valence-corrected chi connectivity index (χ1v) is 8.20. The zero-order valence-corrected chi connectivity index (χ0v) is 14.1. The molecule has 0 unspecified atom stereocenters. The van der Waals surface area contributed by atoms with E-state index in [0.717, 1.165) is 11.3 Å². The molecule has 4 aromatic rings. The molecule has 0 radical (unpaired) electrons. The van der Waals surface area contributed by atoms with Gasteiger partial charge in [-0.05, 0) is 58.0 Å². The van der Waals surface area contributed by atoms with Crippen molar-refractivity contribution < 1.29 is 9.18 Å². The van der Waals surface area contributed by atoms with Crippen LogP contribution in [-0.2, 0) is 0 Å². The number of aromatic nitrogens is 4. The summed E-state index contributed by atoms with van der Waals surface area (Å²) in [6, 6.07) is 20.6. The van der Waals surface area contributed by atoms with E-state index in [4.69, 9.17) is 0 Å². The predicted molar refractivity (Wildman–Crippen MR) is 98.9 cm³/mol. The highest BCUT2D eigenvalue weighted by Gasteiger charge is 2.14. The highest BCUT2D eigenvalue weighted by Crippen LogP contribution is 2.25. The van der Waals surface area contributed by atoms with Crippen LogP contribution in [0.15, 0.2) is 79.1 Å². The first-order chi connectivity index (χ1) is 13.2. The normalized spacial score (nSPS) is 10.6. The summed E-state index contributed by atoms with van der Waals surface area (Å²) in [6.07, 6.45) is 1.48. The van der Waals surface area contributed by atoms with Crippen LogP contribution in [0.2, 0.25) is 0 Å². The summed E-state index contributed by atoms with van der Waals surface area (Å²) in [7, 11) is 0. The molecule has 1 N–H and O–H groups in total. The third kappa shape index (κ3) is 3.57. The van der Waals surface area contributed by atoms with Crippen LogP contribution in [-0.4, -0.2) is 26.1 Å². The minimum atomic E-state index is -0.464. The lowest BCUT2D eigenvalue weighted by atomic mass is 9.99. The van der Waals surface area contributed by atoms with E-state index in [9.17, 15) is 9.18 Å². The zero-order valence-electron chi connectivity index (χ0n) is 14.1. The van der Waals surface area contributed by atoms with Gasteiger partial charge in [0.1, 0.15) is 12.1 Å². The summed E-state index contributed by atoms with van der Waals surface area (Å²) in [4.78, 5) is 12.8. The topological polar surface area (TPSA) is 72.7 Å². The van der Waals surface area contributed by atoms with E-state index in [1.54, 1.807) is 30.3 Å². The Balaban J connectivity index is 1.61. The third-order valence-corrected chi connectivity index (χ3v) is 4.05. The molecule has 0 bridgehead atoms. The summed E-state index contributed by atoms with van der Waals surface area (Å²) >= 11 is 0. The van der Waals surface area contributed by atoms with Gasteiger partial charge in [-0.3, -0.25) is 4.79 Å². The van der Waals surface area contributed by atoms with Gasteiger partial charge in [-0.15, -0.1) is 5.10 Å². The number of tetrazole rings is 1. The fourth-order valence-corrected chi connectivity index (χ4v) is 2.75. The second-order valence-electron chi connectivity index (χ2n) is 5.81. The summed E-state index contributed by atoms with van der Waals surface area (Å²) in [5, 5.41) is 13.8. The number of nitrogens with one attached hydrogen (secondary N) is 1. The van der Waals surface area contributed by atoms with Crippen molar-refractivity contribution in [3.8, 4) is 16.8 Å². The van der Waals surface area contributed by atoms with Crippen molar-refractivity contribution in [3.63, 3.8) is 0 Å². The first kappa shape index (κ1) is 16.6. The van der Waals surface area contributed by atoms with E-state index in [0.29, 0.717) is 11.3 Å². The van der Waals surface area contributed by atoms with E-state index in [-0.39, 0.29) is 11.5 Å². The molecule has 1 heterocycles. The van der Waals surface area contributed by atoms with Crippen LogP contribution in [0.25, 0.3) is 16.8 Å². The van der Waals surface area contributed by atoms with Crippen LogP contribution in [0.3, 0.4) is 0 Å². The Morgan fingerprint density at radius 3 is 2.44 bits per heavy atom. The number of rotatable bonds is 4. The van der Waals surface area contributed by atoms with Crippen molar-refractivity contribution >= 4 is 11.6 Å². The first-order valence-electron chi connectivity index (χ1n) is 8.20. The van der Waals surface area contributed by atoms with Crippen molar-refractivity contribution in [2.24, 2.45) is 0 Å². The number of amides is 1. The Labute approximate surface area is 154 Å². The largest absolute Gasteiger partial charge is 0.322 e. The predicted octanol–water partition coefficient (Wildman–Crippen LogP) is 3.72. The molecule has 1 aromatic heterocycles. The summed E-state index contributed by atoms with van der Waals surface area (Å²) in [5.41, 5.74) is 3.12. The molecular weight excluding hydrogens is 345 g/mol. The van der Waals surface area contributed by atoms with Crippen LogP contribution < -0.4 is 5.32 Å². The van der Waals surface area contributed by atoms with Gasteiger partial charge in [0, 0.05) is 5.69 Å². The number of hydrogen-bond acceptors (Lipinski definition) is 4.